The Bertz CT molecular complexity index is 959. The molecule has 0 aliphatic carbocycles. The zero-order valence-electron chi connectivity index (χ0n) is 25.9. The number of unbranched alkanes of at least 4 members (excludes halogenated alkanes) is 2. The van der Waals surface area contributed by atoms with Crippen LogP contribution in [0.15, 0.2) is 109 Å². The Balaban J connectivity index is 2.41. The molecule has 0 heterocycles. The summed E-state index contributed by atoms with van der Waals surface area (Å²) in [5.74, 6) is 2.27. The van der Waals surface area contributed by atoms with Gasteiger partial charge in [0.2, 0.25) is 0 Å². The van der Waals surface area contributed by atoms with E-state index in [0.717, 1.165) is 38.5 Å². The van der Waals surface area contributed by atoms with E-state index < -0.39 is 0 Å². The molecule has 212 valence electrons. The monoisotopic (exact) mass is 524 g/mol. The molecule has 0 spiro atoms. The van der Waals surface area contributed by atoms with Gasteiger partial charge in [0.1, 0.15) is 0 Å². The summed E-state index contributed by atoms with van der Waals surface area (Å²) < 4.78 is 0. The van der Waals surface area contributed by atoms with E-state index in [9.17, 15) is 0 Å². The first-order valence-electron chi connectivity index (χ1n) is 15.6. The van der Waals surface area contributed by atoms with Crippen molar-refractivity contribution < 1.29 is 0 Å². The van der Waals surface area contributed by atoms with Crippen LogP contribution < -0.4 is 0 Å². The Kier molecular flexibility index (Phi) is 15.6. The lowest BCUT2D eigenvalue weighted by atomic mass is 9.64. The normalized spacial score (nSPS) is 14.6. The van der Waals surface area contributed by atoms with Crippen molar-refractivity contribution >= 4 is 0 Å². The minimum Gasteiger partial charge on any atom is -0.0917 e. The number of allylic oxidation sites excluding steroid dienone is 8. The molecule has 0 saturated carbocycles. The molecular weight excluding hydrogens is 468 g/mol. The van der Waals surface area contributed by atoms with Gasteiger partial charge in [-0.25, -0.2) is 0 Å². The predicted molar refractivity (Wildman–Crippen MR) is 175 cm³/mol. The molecule has 0 bridgehead atoms. The SMILES string of the molecule is C/C=C/CC/C=C\CC(C/C=C\CC/C=C/C)(CC(CC(c1ccccc1)C(C)C)c1ccccc1)C(C)C. The van der Waals surface area contributed by atoms with E-state index >= 15 is 0 Å². The molecule has 0 heteroatoms. The average Bonchev–Trinajstić information content (AvgIpc) is 2.95. The molecule has 2 rings (SSSR count). The highest BCUT2D eigenvalue weighted by molar-refractivity contribution is 5.25. The van der Waals surface area contributed by atoms with Crippen LogP contribution >= 0.6 is 0 Å². The van der Waals surface area contributed by atoms with Crippen molar-refractivity contribution in [2.75, 3.05) is 0 Å². The van der Waals surface area contributed by atoms with Gasteiger partial charge in [-0.2, -0.15) is 0 Å². The van der Waals surface area contributed by atoms with Crippen LogP contribution in [0.5, 0.6) is 0 Å². The van der Waals surface area contributed by atoms with E-state index in [1.807, 2.05) is 0 Å². The molecule has 0 fully saturated rings. The smallest absolute Gasteiger partial charge is 0.0133 e. The summed E-state index contributed by atoms with van der Waals surface area (Å²) in [7, 11) is 0. The molecule has 0 nitrogen and oxygen atoms in total. The molecule has 0 radical (unpaired) electrons. The summed E-state index contributed by atoms with van der Waals surface area (Å²) >= 11 is 0. The second-order valence-corrected chi connectivity index (χ2v) is 12.0. The van der Waals surface area contributed by atoms with Gasteiger partial charge < -0.3 is 0 Å². The summed E-state index contributed by atoms with van der Waals surface area (Å²) in [4.78, 5) is 0. The maximum Gasteiger partial charge on any atom is -0.0133 e. The minimum absolute atomic E-state index is 0.229. The highest BCUT2D eigenvalue weighted by Crippen LogP contribution is 2.48. The van der Waals surface area contributed by atoms with E-state index in [1.165, 1.54) is 24.0 Å². The van der Waals surface area contributed by atoms with Crippen LogP contribution in [-0.2, 0) is 0 Å². The molecule has 2 unspecified atom stereocenters. The van der Waals surface area contributed by atoms with Gasteiger partial charge in [0.05, 0.1) is 0 Å². The van der Waals surface area contributed by atoms with Crippen molar-refractivity contribution in [1.82, 2.24) is 0 Å². The lowest BCUT2D eigenvalue weighted by Crippen LogP contribution is -2.30. The average molecular weight is 525 g/mol. The van der Waals surface area contributed by atoms with E-state index in [0.29, 0.717) is 23.7 Å². The fraction of sp³-hybridized carbons (Fsp3) is 0.487. The van der Waals surface area contributed by atoms with Crippen molar-refractivity contribution in [3.63, 3.8) is 0 Å². The third-order valence-corrected chi connectivity index (χ3v) is 8.57. The van der Waals surface area contributed by atoms with Gasteiger partial charge >= 0.3 is 0 Å². The lowest BCUT2D eigenvalue weighted by Gasteiger charge is -2.41. The first-order valence-corrected chi connectivity index (χ1v) is 15.6. The Labute approximate surface area is 242 Å². The van der Waals surface area contributed by atoms with Gasteiger partial charge in [0.15, 0.2) is 0 Å². The summed E-state index contributed by atoms with van der Waals surface area (Å²) in [5.41, 5.74) is 3.21. The third-order valence-electron chi connectivity index (χ3n) is 8.57. The van der Waals surface area contributed by atoms with E-state index in [4.69, 9.17) is 0 Å². The summed E-state index contributed by atoms with van der Waals surface area (Å²) in [5, 5.41) is 0. The molecule has 39 heavy (non-hydrogen) atoms. The zero-order chi connectivity index (χ0) is 28.3. The van der Waals surface area contributed by atoms with Crippen molar-refractivity contribution in [2.24, 2.45) is 17.3 Å². The Morgan fingerprint density at radius 2 is 1.05 bits per heavy atom. The quantitative estimate of drug-likeness (QED) is 0.134. The molecule has 2 atom stereocenters. The van der Waals surface area contributed by atoms with Crippen LogP contribution in [-0.4, -0.2) is 0 Å². The van der Waals surface area contributed by atoms with E-state index in [2.05, 4.69) is 151 Å². The van der Waals surface area contributed by atoms with Crippen molar-refractivity contribution in [3.8, 4) is 0 Å². The molecule has 0 aromatic heterocycles. The molecule has 2 aromatic carbocycles. The first kappa shape index (κ1) is 32.6. The third kappa shape index (κ3) is 11.6. The maximum atomic E-state index is 2.50. The molecule has 0 saturated heterocycles. The zero-order valence-corrected chi connectivity index (χ0v) is 25.9. The Hall–Kier alpha value is -2.60. The van der Waals surface area contributed by atoms with Gasteiger partial charge in [0, 0.05) is 0 Å². The highest BCUT2D eigenvalue weighted by atomic mass is 14.4. The van der Waals surface area contributed by atoms with Crippen molar-refractivity contribution in [2.45, 2.75) is 105 Å². The molecule has 0 amide bonds. The van der Waals surface area contributed by atoms with Gasteiger partial charge in [-0.3, -0.25) is 0 Å². The number of hydrogen-bond acceptors (Lipinski definition) is 0. The van der Waals surface area contributed by atoms with Crippen molar-refractivity contribution in [1.29, 1.82) is 0 Å². The van der Waals surface area contributed by atoms with E-state index in [1.54, 1.807) is 0 Å². The fourth-order valence-corrected chi connectivity index (χ4v) is 5.90. The van der Waals surface area contributed by atoms with Crippen LogP contribution in [0.1, 0.15) is 116 Å². The number of benzene rings is 2. The lowest BCUT2D eigenvalue weighted by molar-refractivity contribution is 0.154. The Morgan fingerprint density at radius 3 is 1.49 bits per heavy atom. The van der Waals surface area contributed by atoms with Gasteiger partial charge in [0.25, 0.3) is 0 Å². The van der Waals surface area contributed by atoms with Crippen LogP contribution in [0.25, 0.3) is 0 Å². The second-order valence-electron chi connectivity index (χ2n) is 12.0. The maximum absolute atomic E-state index is 2.50. The van der Waals surface area contributed by atoms with E-state index in [-0.39, 0.29) is 5.41 Å². The summed E-state index contributed by atoms with van der Waals surface area (Å²) in [6.07, 6.45) is 27.9. The first-order chi connectivity index (χ1) is 18.9. The summed E-state index contributed by atoms with van der Waals surface area (Å²) in [6, 6.07) is 22.6. The molecule has 2 aromatic rings. The molecule has 0 aliphatic rings. The number of rotatable bonds is 18. The molecule has 0 N–H and O–H groups in total. The van der Waals surface area contributed by atoms with Crippen molar-refractivity contribution in [3.05, 3.63) is 120 Å². The molecule has 0 aliphatic heterocycles. The second kappa shape index (κ2) is 18.6. The van der Waals surface area contributed by atoms with Crippen LogP contribution in [0.3, 0.4) is 0 Å². The van der Waals surface area contributed by atoms with Gasteiger partial charge in [-0.05, 0) is 105 Å². The fourth-order valence-electron chi connectivity index (χ4n) is 5.90. The summed E-state index contributed by atoms with van der Waals surface area (Å²) in [6.45, 7) is 13.9. The largest absolute Gasteiger partial charge is 0.0917 e. The predicted octanol–water partition coefficient (Wildman–Crippen LogP) is 12.2. The van der Waals surface area contributed by atoms with Crippen LogP contribution in [0.2, 0.25) is 0 Å². The van der Waals surface area contributed by atoms with Crippen LogP contribution in [0.4, 0.5) is 0 Å². The molecular formula is C39H56. The van der Waals surface area contributed by atoms with Gasteiger partial charge in [-0.15, -0.1) is 0 Å². The van der Waals surface area contributed by atoms with Gasteiger partial charge in [-0.1, -0.05) is 137 Å². The Morgan fingerprint density at radius 1 is 0.590 bits per heavy atom. The number of hydrogen-bond donors (Lipinski definition) is 0. The topological polar surface area (TPSA) is 0 Å². The highest BCUT2D eigenvalue weighted by Gasteiger charge is 2.36. The minimum atomic E-state index is 0.229. The van der Waals surface area contributed by atoms with Crippen LogP contribution in [0, 0.1) is 17.3 Å². The standard InChI is InChI=1S/C39H56/c1-7-9-11-13-15-23-29-39(34(5)6,30-24-16-14-12-10-8-2)32-37(35-25-19-17-20-26-35)31-38(33(3)4)36-27-21-18-22-28-36/h7-10,15-28,33-34,37-38H,11-14,29-32H2,1-6H3/b9-7+,10-8+,23-15-,24-16-.